The van der Waals surface area contributed by atoms with Crippen LogP contribution in [-0.4, -0.2) is 6.04 Å². The zero-order chi connectivity index (χ0) is 10.7. The first-order chi connectivity index (χ1) is 7.24. The highest BCUT2D eigenvalue weighted by Gasteiger charge is 2.17. The second-order valence-electron chi connectivity index (χ2n) is 4.86. The highest BCUT2D eigenvalue weighted by Crippen LogP contribution is 2.24. The van der Waals surface area contributed by atoms with Gasteiger partial charge in [-0.25, -0.2) is 0 Å². The van der Waals surface area contributed by atoms with Gasteiger partial charge in [0.05, 0.1) is 0 Å². The molecule has 0 spiro atoms. The Kier molecular flexibility index (Phi) is 3.81. The summed E-state index contributed by atoms with van der Waals surface area (Å²) >= 11 is 1.91. The maximum atomic E-state index is 3.69. The van der Waals surface area contributed by atoms with Gasteiger partial charge in [0.2, 0.25) is 0 Å². The van der Waals surface area contributed by atoms with Gasteiger partial charge in [0.15, 0.2) is 0 Å². The first kappa shape index (κ1) is 11.2. The molecule has 1 aliphatic rings. The molecule has 1 aliphatic carbocycles. The van der Waals surface area contributed by atoms with E-state index in [1.165, 1.54) is 35.4 Å². The monoisotopic (exact) mass is 223 g/mol. The van der Waals surface area contributed by atoms with E-state index in [0.717, 1.165) is 18.5 Å². The average molecular weight is 223 g/mol. The molecule has 2 atom stereocenters. The van der Waals surface area contributed by atoms with Crippen molar-refractivity contribution in [3.05, 3.63) is 21.9 Å². The summed E-state index contributed by atoms with van der Waals surface area (Å²) in [5, 5.41) is 3.69. The van der Waals surface area contributed by atoms with Crippen LogP contribution in [-0.2, 0) is 6.54 Å². The maximum absolute atomic E-state index is 3.69. The lowest BCUT2D eigenvalue weighted by molar-refractivity contribution is 0.301. The van der Waals surface area contributed by atoms with Crippen LogP contribution in [0.25, 0.3) is 0 Å². The summed E-state index contributed by atoms with van der Waals surface area (Å²) < 4.78 is 0. The topological polar surface area (TPSA) is 12.0 Å². The lowest BCUT2D eigenvalue weighted by Crippen LogP contribution is -2.32. The van der Waals surface area contributed by atoms with Gasteiger partial charge >= 0.3 is 0 Å². The van der Waals surface area contributed by atoms with Crippen LogP contribution in [0.1, 0.15) is 42.4 Å². The third-order valence-corrected chi connectivity index (χ3v) is 4.30. The zero-order valence-electron chi connectivity index (χ0n) is 9.75. The number of hydrogen-bond donors (Lipinski definition) is 1. The number of thiophene rings is 1. The lowest BCUT2D eigenvalue weighted by Gasteiger charge is -2.27. The van der Waals surface area contributed by atoms with Gasteiger partial charge in [-0.15, -0.1) is 11.3 Å². The molecule has 0 amide bonds. The molecule has 1 N–H and O–H groups in total. The number of nitrogens with one attached hydrogen (secondary N) is 1. The summed E-state index contributed by atoms with van der Waals surface area (Å²) in [6.07, 6.45) is 5.57. The standard InChI is InChI=1S/C13H21NS/c1-10-4-3-5-12(8-10)14-9-13-7-6-11(2)15-13/h6-7,10,12,14H,3-5,8-9H2,1-2H3. The van der Waals surface area contributed by atoms with Gasteiger partial charge in [0, 0.05) is 22.3 Å². The molecular weight excluding hydrogens is 202 g/mol. The molecule has 1 aromatic heterocycles. The fourth-order valence-corrected chi connectivity index (χ4v) is 3.29. The van der Waals surface area contributed by atoms with Crippen molar-refractivity contribution in [1.82, 2.24) is 5.32 Å². The van der Waals surface area contributed by atoms with E-state index >= 15 is 0 Å². The van der Waals surface area contributed by atoms with Crippen LogP contribution >= 0.6 is 11.3 Å². The molecule has 0 saturated heterocycles. The van der Waals surface area contributed by atoms with E-state index in [1.54, 1.807) is 0 Å². The van der Waals surface area contributed by atoms with Crippen LogP contribution in [0.4, 0.5) is 0 Å². The van der Waals surface area contributed by atoms with Crippen LogP contribution in [0, 0.1) is 12.8 Å². The van der Waals surface area contributed by atoms with Crippen LogP contribution in [0.15, 0.2) is 12.1 Å². The molecule has 0 radical (unpaired) electrons. The summed E-state index contributed by atoms with van der Waals surface area (Å²) in [5.74, 6) is 0.918. The van der Waals surface area contributed by atoms with Gasteiger partial charge in [-0.05, 0) is 37.8 Å². The Morgan fingerprint density at radius 1 is 1.40 bits per heavy atom. The summed E-state index contributed by atoms with van der Waals surface area (Å²) in [4.78, 5) is 2.90. The van der Waals surface area contributed by atoms with Crippen molar-refractivity contribution >= 4 is 11.3 Å². The van der Waals surface area contributed by atoms with Crippen LogP contribution < -0.4 is 5.32 Å². The number of hydrogen-bond acceptors (Lipinski definition) is 2. The van der Waals surface area contributed by atoms with Gasteiger partial charge in [-0.2, -0.15) is 0 Å². The molecule has 2 rings (SSSR count). The molecule has 0 bridgehead atoms. The number of rotatable bonds is 3. The number of aryl methyl sites for hydroxylation is 1. The highest BCUT2D eigenvalue weighted by atomic mass is 32.1. The lowest BCUT2D eigenvalue weighted by atomic mass is 9.87. The van der Waals surface area contributed by atoms with E-state index in [1.807, 2.05) is 11.3 Å². The molecular formula is C13H21NS. The van der Waals surface area contributed by atoms with Gasteiger partial charge in [-0.3, -0.25) is 0 Å². The average Bonchev–Trinajstić information content (AvgIpc) is 2.62. The molecule has 15 heavy (non-hydrogen) atoms. The van der Waals surface area contributed by atoms with E-state index in [0.29, 0.717) is 0 Å². The molecule has 0 aromatic carbocycles. The van der Waals surface area contributed by atoms with Crippen LogP contribution in [0.3, 0.4) is 0 Å². The second-order valence-corrected chi connectivity index (χ2v) is 6.23. The van der Waals surface area contributed by atoms with Gasteiger partial charge in [-0.1, -0.05) is 19.8 Å². The minimum absolute atomic E-state index is 0.760. The first-order valence-corrected chi connectivity index (χ1v) is 6.84. The van der Waals surface area contributed by atoms with Crippen molar-refractivity contribution in [2.24, 2.45) is 5.92 Å². The molecule has 1 aromatic rings. The van der Waals surface area contributed by atoms with Gasteiger partial charge in [0.1, 0.15) is 0 Å². The minimum Gasteiger partial charge on any atom is -0.309 e. The molecule has 1 fully saturated rings. The quantitative estimate of drug-likeness (QED) is 0.823. The normalized spacial score (nSPS) is 26.8. The summed E-state index contributed by atoms with van der Waals surface area (Å²) in [6.45, 7) is 5.62. The van der Waals surface area contributed by atoms with E-state index < -0.39 is 0 Å². The predicted molar refractivity (Wildman–Crippen MR) is 67.3 cm³/mol. The maximum Gasteiger partial charge on any atom is 0.0302 e. The van der Waals surface area contributed by atoms with E-state index in [2.05, 4.69) is 31.3 Å². The third kappa shape index (κ3) is 3.32. The van der Waals surface area contributed by atoms with Gasteiger partial charge < -0.3 is 5.32 Å². The Morgan fingerprint density at radius 2 is 2.27 bits per heavy atom. The predicted octanol–water partition coefficient (Wildman–Crippen LogP) is 3.72. The van der Waals surface area contributed by atoms with Crippen LogP contribution in [0.2, 0.25) is 0 Å². The Hall–Kier alpha value is -0.340. The minimum atomic E-state index is 0.760. The first-order valence-electron chi connectivity index (χ1n) is 6.03. The smallest absolute Gasteiger partial charge is 0.0302 e. The fourth-order valence-electron chi connectivity index (χ4n) is 2.44. The molecule has 1 nitrogen and oxygen atoms in total. The van der Waals surface area contributed by atoms with Crippen molar-refractivity contribution in [1.29, 1.82) is 0 Å². The molecule has 1 saturated carbocycles. The van der Waals surface area contributed by atoms with Crippen molar-refractivity contribution in [2.45, 2.75) is 52.1 Å². The van der Waals surface area contributed by atoms with Crippen LogP contribution in [0.5, 0.6) is 0 Å². The molecule has 2 unspecified atom stereocenters. The Balaban J connectivity index is 1.77. The highest BCUT2D eigenvalue weighted by molar-refractivity contribution is 7.11. The molecule has 0 aliphatic heterocycles. The Bertz CT molecular complexity index is 305. The summed E-state index contributed by atoms with van der Waals surface area (Å²) in [5.41, 5.74) is 0. The van der Waals surface area contributed by atoms with Crippen molar-refractivity contribution in [3.63, 3.8) is 0 Å². The zero-order valence-corrected chi connectivity index (χ0v) is 10.6. The Morgan fingerprint density at radius 3 is 2.93 bits per heavy atom. The molecule has 1 heterocycles. The van der Waals surface area contributed by atoms with Crippen molar-refractivity contribution in [3.8, 4) is 0 Å². The third-order valence-electron chi connectivity index (χ3n) is 3.30. The molecule has 2 heteroatoms. The van der Waals surface area contributed by atoms with E-state index in [4.69, 9.17) is 0 Å². The SMILES string of the molecule is Cc1ccc(CNC2CCCC(C)C2)s1. The summed E-state index contributed by atoms with van der Waals surface area (Å²) in [7, 11) is 0. The largest absolute Gasteiger partial charge is 0.309 e. The fraction of sp³-hybridized carbons (Fsp3) is 0.692. The van der Waals surface area contributed by atoms with Crippen molar-refractivity contribution in [2.75, 3.05) is 0 Å². The van der Waals surface area contributed by atoms with E-state index in [9.17, 15) is 0 Å². The van der Waals surface area contributed by atoms with Gasteiger partial charge in [0.25, 0.3) is 0 Å². The molecule has 84 valence electrons. The Labute approximate surface area is 96.9 Å². The summed E-state index contributed by atoms with van der Waals surface area (Å²) in [6, 6.07) is 5.22. The van der Waals surface area contributed by atoms with E-state index in [-0.39, 0.29) is 0 Å². The van der Waals surface area contributed by atoms with Crippen molar-refractivity contribution < 1.29 is 0 Å². The second kappa shape index (κ2) is 5.13.